The van der Waals surface area contributed by atoms with E-state index in [1.54, 1.807) is 12.1 Å². The summed E-state index contributed by atoms with van der Waals surface area (Å²) in [6, 6.07) is 17.8. The second-order valence-electron chi connectivity index (χ2n) is 10.7. The van der Waals surface area contributed by atoms with Crippen molar-refractivity contribution in [1.29, 1.82) is 5.26 Å². The van der Waals surface area contributed by atoms with E-state index in [0.29, 0.717) is 36.1 Å². The zero-order valence-corrected chi connectivity index (χ0v) is 19.5. The number of halogens is 1. The Labute approximate surface area is 200 Å². The highest BCUT2D eigenvalue weighted by molar-refractivity contribution is 5.78. The first-order chi connectivity index (χ1) is 16.4. The number of nitriles is 1. The number of piperidine rings is 1. The monoisotopic (exact) mass is 461 g/mol. The van der Waals surface area contributed by atoms with Gasteiger partial charge in [-0.3, -0.25) is 4.79 Å². The van der Waals surface area contributed by atoms with Crippen molar-refractivity contribution < 1.29 is 14.3 Å². The second kappa shape index (κ2) is 9.13. The van der Waals surface area contributed by atoms with Crippen molar-refractivity contribution >= 4 is 5.97 Å². The molecule has 1 saturated heterocycles. The quantitative estimate of drug-likeness (QED) is 0.581. The maximum absolute atomic E-state index is 14.8. The first-order valence-electron chi connectivity index (χ1n) is 12.3. The van der Waals surface area contributed by atoms with Gasteiger partial charge in [0.1, 0.15) is 5.82 Å². The number of hydrogen-bond donors (Lipinski definition) is 2. The average Bonchev–Trinajstić information content (AvgIpc) is 3.77. The fraction of sp³-hybridized carbons (Fsp3) is 0.500. The molecule has 1 aliphatic heterocycles. The van der Waals surface area contributed by atoms with E-state index in [1.807, 2.05) is 12.1 Å². The Balaban J connectivity index is 1.27. The Bertz CT molecular complexity index is 1080. The maximum atomic E-state index is 14.8. The number of likely N-dealkylation sites (tertiary alicyclic amines) is 1. The van der Waals surface area contributed by atoms with Crippen LogP contribution in [0.4, 0.5) is 4.39 Å². The van der Waals surface area contributed by atoms with Crippen molar-refractivity contribution in [2.24, 2.45) is 10.8 Å². The van der Waals surface area contributed by atoms with E-state index in [1.165, 1.54) is 11.6 Å². The highest BCUT2D eigenvalue weighted by atomic mass is 19.1. The number of hydrogen-bond acceptors (Lipinski definition) is 4. The van der Waals surface area contributed by atoms with Crippen molar-refractivity contribution in [3.63, 3.8) is 0 Å². The van der Waals surface area contributed by atoms with Crippen molar-refractivity contribution in [2.45, 2.75) is 50.5 Å². The number of nitrogens with one attached hydrogen (secondary N) is 1. The minimum absolute atomic E-state index is 0.0880. The maximum Gasteiger partial charge on any atom is 0.310 e. The average molecular weight is 462 g/mol. The van der Waals surface area contributed by atoms with E-state index in [0.717, 1.165) is 51.7 Å². The molecule has 5 rings (SSSR count). The summed E-state index contributed by atoms with van der Waals surface area (Å²) in [4.78, 5) is 13.9. The minimum atomic E-state index is -0.675. The molecule has 5 nitrogen and oxygen atoms in total. The lowest BCUT2D eigenvalue weighted by atomic mass is 9.73. The molecule has 178 valence electrons. The number of benzene rings is 2. The zero-order valence-electron chi connectivity index (χ0n) is 19.5. The van der Waals surface area contributed by atoms with Gasteiger partial charge in [0, 0.05) is 25.0 Å². The predicted octanol–water partition coefficient (Wildman–Crippen LogP) is 4.33. The number of aliphatic carboxylic acids is 1. The molecule has 2 atom stereocenters. The Morgan fingerprint density at radius 3 is 2.50 bits per heavy atom. The van der Waals surface area contributed by atoms with Gasteiger partial charge in [0.05, 0.1) is 17.0 Å². The number of carboxylic acids is 1. The molecule has 0 unspecified atom stereocenters. The van der Waals surface area contributed by atoms with Crippen molar-refractivity contribution in [1.82, 2.24) is 10.2 Å². The number of rotatable bonds is 9. The molecular weight excluding hydrogens is 429 g/mol. The van der Waals surface area contributed by atoms with Crippen LogP contribution in [0.3, 0.4) is 0 Å². The number of nitrogens with zero attached hydrogens (tertiary/aromatic N) is 2. The predicted molar refractivity (Wildman–Crippen MR) is 128 cm³/mol. The van der Waals surface area contributed by atoms with Crippen LogP contribution in [0.15, 0.2) is 48.5 Å². The van der Waals surface area contributed by atoms with Gasteiger partial charge in [-0.25, -0.2) is 4.39 Å². The number of carbonyl (C=O) groups is 1. The van der Waals surface area contributed by atoms with Crippen LogP contribution in [-0.4, -0.2) is 48.2 Å². The molecule has 2 aromatic rings. The molecule has 0 radical (unpaired) electrons. The summed E-state index contributed by atoms with van der Waals surface area (Å²) >= 11 is 0. The van der Waals surface area contributed by atoms with Gasteiger partial charge in [-0.15, -0.1) is 0 Å². The van der Waals surface area contributed by atoms with Gasteiger partial charge in [-0.2, -0.15) is 5.26 Å². The van der Waals surface area contributed by atoms with E-state index in [-0.39, 0.29) is 11.2 Å². The standard InChI is InChI=1S/C28H32FN3O2/c29-24-14-20(17-30)6-7-22(24)16-27(18-31-25-15-23(25)21-4-2-1-3-5-21)10-12-32(13-11-27)19-28(8-9-28)26(33)34/h1-7,14,23,25,31H,8-13,15-16,18-19H2,(H,33,34)/t23-,25+/m0/s1. The molecule has 3 aliphatic rings. The van der Waals surface area contributed by atoms with Crippen LogP contribution in [0.2, 0.25) is 0 Å². The fourth-order valence-corrected chi connectivity index (χ4v) is 5.62. The fourth-order valence-electron chi connectivity index (χ4n) is 5.62. The first kappa shape index (κ1) is 23.0. The third kappa shape index (κ3) is 4.87. The molecule has 0 amide bonds. The summed E-state index contributed by atoms with van der Waals surface area (Å²) in [7, 11) is 0. The van der Waals surface area contributed by atoms with Crippen LogP contribution in [0, 0.1) is 28.0 Å². The summed E-state index contributed by atoms with van der Waals surface area (Å²) in [5, 5.41) is 22.4. The highest BCUT2D eigenvalue weighted by Gasteiger charge is 2.52. The molecule has 2 N–H and O–H groups in total. The molecule has 0 aromatic heterocycles. The third-order valence-corrected chi connectivity index (χ3v) is 8.26. The molecule has 2 aliphatic carbocycles. The molecule has 1 heterocycles. The van der Waals surface area contributed by atoms with Gasteiger partial charge in [0.15, 0.2) is 0 Å². The van der Waals surface area contributed by atoms with Gasteiger partial charge in [-0.05, 0) is 80.3 Å². The largest absolute Gasteiger partial charge is 0.481 e. The molecule has 2 saturated carbocycles. The van der Waals surface area contributed by atoms with Crippen LogP contribution < -0.4 is 5.32 Å². The first-order valence-corrected chi connectivity index (χ1v) is 12.3. The van der Waals surface area contributed by atoms with Gasteiger partial charge < -0.3 is 15.3 Å². The summed E-state index contributed by atoms with van der Waals surface area (Å²) in [6.07, 6.45) is 5.08. The lowest BCUT2D eigenvalue weighted by molar-refractivity contribution is -0.144. The summed E-state index contributed by atoms with van der Waals surface area (Å²) in [5.74, 6) is -0.445. The third-order valence-electron chi connectivity index (χ3n) is 8.26. The normalized spacial score (nSPS) is 24.8. The SMILES string of the molecule is N#Cc1ccc(CC2(CN[C@@H]3C[C@H]3c3ccccc3)CCN(CC3(C(=O)O)CC3)CC2)c(F)c1. The highest BCUT2D eigenvalue weighted by Crippen LogP contribution is 2.48. The van der Waals surface area contributed by atoms with Crippen LogP contribution >= 0.6 is 0 Å². The zero-order chi connectivity index (χ0) is 23.8. The molecule has 2 aromatic carbocycles. The van der Waals surface area contributed by atoms with Crippen molar-refractivity contribution in [3.8, 4) is 6.07 Å². The summed E-state index contributed by atoms with van der Waals surface area (Å²) < 4.78 is 14.8. The van der Waals surface area contributed by atoms with Gasteiger partial charge >= 0.3 is 5.97 Å². The van der Waals surface area contributed by atoms with E-state index in [4.69, 9.17) is 5.26 Å². The van der Waals surface area contributed by atoms with E-state index in [9.17, 15) is 14.3 Å². The van der Waals surface area contributed by atoms with E-state index >= 15 is 0 Å². The van der Waals surface area contributed by atoms with E-state index < -0.39 is 11.4 Å². The molecule has 6 heteroatoms. The molecular formula is C28H32FN3O2. The molecule has 0 spiro atoms. The van der Waals surface area contributed by atoms with Crippen LogP contribution in [0.5, 0.6) is 0 Å². The van der Waals surface area contributed by atoms with Gasteiger partial charge in [0.2, 0.25) is 0 Å². The van der Waals surface area contributed by atoms with Crippen LogP contribution in [-0.2, 0) is 11.2 Å². The van der Waals surface area contributed by atoms with Crippen molar-refractivity contribution in [3.05, 3.63) is 71.0 Å². The lowest BCUT2D eigenvalue weighted by Crippen LogP contribution is -2.48. The summed E-state index contributed by atoms with van der Waals surface area (Å²) in [5.41, 5.74) is 1.73. The van der Waals surface area contributed by atoms with Crippen LogP contribution in [0.25, 0.3) is 0 Å². The van der Waals surface area contributed by atoms with Gasteiger partial charge in [0.25, 0.3) is 0 Å². The molecule has 3 fully saturated rings. The number of carboxylic acid groups (broad SMARTS) is 1. The van der Waals surface area contributed by atoms with Gasteiger partial charge in [-0.1, -0.05) is 36.4 Å². The Morgan fingerprint density at radius 2 is 1.88 bits per heavy atom. The van der Waals surface area contributed by atoms with Crippen molar-refractivity contribution in [2.75, 3.05) is 26.2 Å². The Morgan fingerprint density at radius 1 is 1.15 bits per heavy atom. The lowest BCUT2D eigenvalue weighted by Gasteiger charge is -2.43. The molecule has 0 bridgehead atoms. The Kier molecular flexibility index (Phi) is 6.18. The topological polar surface area (TPSA) is 76.4 Å². The summed E-state index contributed by atoms with van der Waals surface area (Å²) in [6.45, 7) is 3.11. The van der Waals surface area contributed by atoms with E-state index in [2.05, 4.69) is 34.5 Å². The van der Waals surface area contributed by atoms with Crippen LogP contribution in [0.1, 0.15) is 54.7 Å². The molecule has 34 heavy (non-hydrogen) atoms. The second-order valence-corrected chi connectivity index (χ2v) is 10.7. The smallest absolute Gasteiger partial charge is 0.310 e. The minimum Gasteiger partial charge on any atom is -0.481 e. The Hall–Kier alpha value is -2.75.